The molecule has 0 atom stereocenters. The number of amides is 2. The van der Waals surface area contributed by atoms with Gasteiger partial charge in [-0.1, -0.05) is 0 Å². The van der Waals surface area contributed by atoms with E-state index >= 15 is 0 Å². The molecule has 5 nitrogen and oxygen atoms in total. The lowest BCUT2D eigenvalue weighted by Crippen LogP contribution is -2.12. The topological polar surface area (TPSA) is 71.1 Å². The number of carbonyl (C=O) groups excluding carboxylic acids is 2. The molecule has 108 valence electrons. The largest absolute Gasteiger partial charge is 0.326 e. The van der Waals surface area contributed by atoms with Gasteiger partial charge < -0.3 is 5.32 Å². The molecule has 2 aromatic rings. The molecule has 1 heterocycles. The fraction of sp³-hybridized carbons (Fsp3) is 0.267. The molecule has 1 aromatic carbocycles. The Bertz CT molecular complexity index is 670. The first-order valence-electron chi connectivity index (χ1n) is 6.79. The van der Waals surface area contributed by atoms with Crippen LogP contribution >= 0.6 is 11.3 Å². The predicted octanol–water partition coefficient (Wildman–Crippen LogP) is 2.84. The standard InChI is InChI=1S/C15H15N3O2S/c1-9(19)16-11-7-5-10(6-8-11)14(20)18-15-17-12-3-2-4-13(12)21-15/h5-8H,2-4H2,1H3,(H,16,19)(H,17,18,20). The van der Waals surface area contributed by atoms with Crippen LogP contribution in [-0.4, -0.2) is 16.8 Å². The van der Waals surface area contributed by atoms with Crippen molar-refractivity contribution in [1.29, 1.82) is 0 Å². The van der Waals surface area contributed by atoms with Gasteiger partial charge in [0, 0.05) is 23.1 Å². The summed E-state index contributed by atoms with van der Waals surface area (Å²) in [6.07, 6.45) is 3.23. The Hall–Kier alpha value is -2.21. The third-order valence-electron chi connectivity index (χ3n) is 3.28. The van der Waals surface area contributed by atoms with E-state index in [0.29, 0.717) is 16.4 Å². The van der Waals surface area contributed by atoms with Crippen LogP contribution in [0.25, 0.3) is 0 Å². The maximum absolute atomic E-state index is 12.1. The summed E-state index contributed by atoms with van der Waals surface area (Å²) in [5, 5.41) is 6.16. The zero-order valence-corrected chi connectivity index (χ0v) is 12.4. The fourth-order valence-corrected chi connectivity index (χ4v) is 3.37. The monoisotopic (exact) mass is 301 g/mol. The number of carbonyl (C=O) groups is 2. The lowest BCUT2D eigenvalue weighted by atomic mass is 10.2. The van der Waals surface area contributed by atoms with Gasteiger partial charge in [-0.25, -0.2) is 4.98 Å². The molecule has 0 aliphatic heterocycles. The van der Waals surface area contributed by atoms with Crippen LogP contribution in [-0.2, 0) is 17.6 Å². The number of rotatable bonds is 3. The number of hydrogen-bond donors (Lipinski definition) is 2. The van der Waals surface area contributed by atoms with Crippen LogP contribution in [0.4, 0.5) is 10.8 Å². The molecule has 0 fully saturated rings. The Morgan fingerprint density at radius 2 is 1.90 bits per heavy atom. The summed E-state index contributed by atoms with van der Waals surface area (Å²) in [6, 6.07) is 6.78. The zero-order valence-electron chi connectivity index (χ0n) is 11.6. The van der Waals surface area contributed by atoms with Gasteiger partial charge in [0.25, 0.3) is 5.91 Å². The van der Waals surface area contributed by atoms with Gasteiger partial charge in [-0.15, -0.1) is 11.3 Å². The van der Waals surface area contributed by atoms with E-state index < -0.39 is 0 Å². The van der Waals surface area contributed by atoms with Gasteiger partial charge in [-0.3, -0.25) is 14.9 Å². The summed E-state index contributed by atoms with van der Waals surface area (Å²) in [5.74, 6) is -0.318. The molecule has 0 saturated carbocycles. The minimum absolute atomic E-state index is 0.135. The Labute approximate surface area is 126 Å². The van der Waals surface area contributed by atoms with Gasteiger partial charge in [-0.2, -0.15) is 0 Å². The van der Waals surface area contributed by atoms with Crippen molar-refractivity contribution in [3.05, 3.63) is 40.4 Å². The smallest absolute Gasteiger partial charge is 0.257 e. The molecule has 21 heavy (non-hydrogen) atoms. The highest BCUT2D eigenvalue weighted by atomic mass is 32.1. The van der Waals surface area contributed by atoms with Crippen molar-refractivity contribution in [2.24, 2.45) is 0 Å². The Kier molecular flexibility index (Phi) is 3.70. The lowest BCUT2D eigenvalue weighted by Gasteiger charge is -2.04. The Balaban J connectivity index is 1.68. The number of aryl methyl sites for hydroxylation is 2. The van der Waals surface area contributed by atoms with Crippen molar-refractivity contribution < 1.29 is 9.59 Å². The first-order chi connectivity index (χ1) is 10.1. The van der Waals surface area contributed by atoms with Crippen molar-refractivity contribution in [2.45, 2.75) is 26.2 Å². The Morgan fingerprint density at radius 3 is 2.57 bits per heavy atom. The summed E-state index contributed by atoms with van der Waals surface area (Å²) in [7, 11) is 0. The van der Waals surface area contributed by atoms with Crippen LogP contribution in [0.2, 0.25) is 0 Å². The Morgan fingerprint density at radius 1 is 1.14 bits per heavy atom. The summed E-state index contributed by atoms with van der Waals surface area (Å²) < 4.78 is 0. The molecule has 1 aromatic heterocycles. The van der Waals surface area contributed by atoms with Crippen molar-refractivity contribution >= 4 is 34.0 Å². The fourth-order valence-electron chi connectivity index (χ4n) is 2.32. The average molecular weight is 301 g/mol. The molecule has 2 amide bonds. The third-order valence-corrected chi connectivity index (χ3v) is 4.36. The lowest BCUT2D eigenvalue weighted by molar-refractivity contribution is -0.114. The first kappa shape index (κ1) is 13.8. The highest BCUT2D eigenvalue weighted by molar-refractivity contribution is 7.15. The molecule has 0 unspecified atom stereocenters. The average Bonchev–Trinajstić information content (AvgIpc) is 2.99. The molecular formula is C15H15N3O2S. The molecule has 2 N–H and O–H groups in total. The number of anilines is 2. The van der Waals surface area contributed by atoms with E-state index in [-0.39, 0.29) is 11.8 Å². The highest BCUT2D eigenvalue weighted by Crippen LogP contribution is 2.30. The summed E-state index contributed by atoms with van der Waals surface area (Å²) in [6.45, 7) is 1.45. The summed E-state index contributed by atoms with van der Waals surface area (Å²) >= 11 is 1.56. The number of nitrogens with one attached hydrogen (secondary N) is 2. The summed E-state index contributed by atoms with van der Waals surface area (Å²) in [5.41, 5.74) is 2.34. The van der Waals surface area contributed by atoms with Crippen molar-refractivity contribution in [2.75, 3.05) is 10.6 Å². The van der Waals surface area contributed by atoms with E-state index in [2.05, 4.69) is 15.6 Å². The van der Waals surface area contributed by atoms with E-state index in [4.69, 9.17) is 0 Å². The predicted molar refractivity (Wildman–Crippen MR) is 82.8 cm³/mol. The molecule has 0 bridgehead atoms. The van der Waals surface area contributed by atoms with Gasteiger partial charge in [0.1, 0.15) is 0 Å². The van der Waals surface area contributed by atoms with E-state index in [0.717, 1.165) is 25.0 Å². The first-order valence-corrected chi connectivity index (χ1v) is 7.61. The van der Waals surface area contributed by atoms with Gasteiger partial charge in [0.15, 0.2) is 5.13 Å². The van der Waals surface area contributed by atoms with Crippen molar-refractivity contribution in [1.82, 2.24) is 4.98 Å². The highest BCUT2D eigenvalue weighted by Gasteiger charge is 2.18. The molecule has 0 radical (unpaired) electrons. The number of thiazole rings is 1. The maximum atomic E-state index is 12.1. The maximum Gasteiger partial charge on any atom is 0.257 e. The summed E-state index contributed by atoms with van der Waals surface area (Å²) in [4.78, 5) is 28.8. The van der Waals surface area contributed by atoms with E-state index in [1.54, 1.807) is 35.6 Å². The SMILES string of the molecule is CC(=O)Nc1ccc(C(=O)Nc2nc3c(s2)CCC3)cc1. The number of hydrogen-bond acceptors (Lipinski definition) is 4. The second-order valence-electron chi connectivity index (χ2n) is 4.96. The quantitative estimate of drug-likeness (QED) is 0.915. The zero-order chi connectivity index (χ0) is 14.8. The molecule has 0 saturated heterocycles. The molecule has 0 spiro atoms. The van der Waals surface area contributed by atoms with E-state index in [1.165, 1.54) is 11.8 Å². The second kappa shape index (κ2) is 5.65. The van der Waals surface area contributed by atoms with Crippen molar-refractivity contribution in [3.8, 4) is 0 Å². The third kappa shape index (κ3) is 3.11. The number of nitrogens with zero attached hydrogens (tertiary/aromatic N) is 1. The minimum atomic E-state index is -0.184. The molecule has 1 aliphatic carbocycles. The number of benzene rings is 1. The van der Waals surface area contributed by atoms with Gasteiger partial charge in [0.05, 0.1) is 5.69 Å². The molecule has 1 aliphatic rings. The van der Waals surface area contributed by atoms with Gasteiger partial charge >= 0.3 is 0 Å². The van der Waals surface area contributed by atoms with Gasteiger partial charge in [0.2, 0.25) is 5.91 Å². The van der Waals surface area contributed by atoms with E-state index in [1.807, 2.05) is 0 Å². The number of fused-ring (bicyclic) bond motifs is 1. The van der Waals surface area contributed by atoms with Crippen LogP contribution in [0.15, 0.2) is 24.3 Å². The van der Waals surface area contributed by atoms with Crippen molar-refractivity contribution in [3.63, 3.8) is 0 Å². The van der Waals surface area contributed by atoms with Crippen LogP contribution in [0.3, 0.4) is 0 Å². The minimum Gasteiger partial charge on any atom is -0.326 e. The molecular weight excluding hydrogens is 286 g/mol. The second-order valence-corrected chi connectivity index (χ2v) is 6.04. The van der Waals surface area contributed by atoms with Crippen LogP contribution in [0.5, 0.6) is 0 Å². The van der Waals surface area contributed by atoms with Crippen LogP contribution < -0.4 is 10.6 Å². The number of aromatic nitrogens is 1. The van der Waals surface area contributed by atoms with E-state index in [9.17, 15) is 9.59 Å². The van der Waals surface area contributed by atoms with Gasteiger partial charge in [-0.05, 0) is 43.5 Å². The molecule has 3 rings (SSSR count). The molecule has 6 heteroatoms. The van der Waals surface area contributed by atoms with Crippen LogP contribution in [0, 0.1) is 0 Å². The van der Waals surface area contributed by atoms with Crippen LogP contribution in [0.1, 0.15) is 34.3 Å². The normalized spacial score (nSPS) is 12.8.